The Kier molecular flexibility index (Phi) is 5.17. The summed E-state index contributed by atoms with van der Waals surface area (Å²) in [6.45, 7) is -1.02. The van der Waals surface area contributed by atoms with Crippen LogP contribution in [0, 0.1) is 0 Å². The molecule has 0 aromatic carbocycles. The number of carboxylic acids is 2. The van der Waals surface area contributed by atoms with Gasteiger partial charge in [-0.2, -0.15) is 0 Å². The van der Waals surface area contributed by atoms with Crippen LogP contribution in [0.4, 0.5) is 0 Å². The quantitative estimate of drug-likeness (QED) is 0.378. The number of aliphatic carboxylic acids is 2. The maximum absolute atomic E-state index is 10.6. The first-order valence-corrected chi connectivity index (χ1v) is 5.17. The number of ether oxygens (including phenoxy) is 2. The molecule has 0 aromatic heterocycles. The molecule has 4 N–H and O–H groups in total. The lowest BCUT2D eigenvalue weighted by Gasteiger charge is -2.41. The Labute approximate surface area is 106 Å². The molecule has 1 aliphatic rings. The third-order valence-corrected chi connectivity index (χ3v) is 2.53. The zero-order valence-corrected chi connectivity index (χ0v) is 9.41. The second-order valence-corrected chi connectivity index (χ2v) is 3.84. The molecule has 0 aromatic rings. The van der Waals surface area contributed by atoms with Gasteiger partial charge in [-0.05, 0) is 0 Å². The number of carbonyl (C=O) groups is 2. The van der Waals surface area contributed by atoms with Gasteiger partial charge in [-0.15, -0.1) is 0 Å². The highest BCUT2D eigenvalue weighted by atomic mass is 16.7. The van der Waals surface area contributed by atoms with Gasteiger partial charge in [-0.1, -0.05) is 0 Å². The molecule has 1 rings (SSSR count). The molecule has 19 heavy (non-hydrogen) atoms. The van der Waals surface area contributed by atoms with E-state index in [2.05, 4.69) is 9.47 Å². The predicted molar refractivity (Wildman–Crippen MR) is 48.7 cm³/mol. The van der Waals surface area contributed by atoms with Crippen LogP contribution in [0.3, 0.4) is 0 Å². The second kappa shape index (κ2) is 6.23. The van der Waals surface area contributed by atoms with E-state index in [1.807, 2.05) is 0 Å². The van der Waals surface area contributed by atoms with Crippen molar-refractivity contribution in [3.63, 3.8) is 0 Å². The lowest BCUT2D eigenvalue weighted by atomic mass is 9.99. The first kappa shape index (κ1) is 15.8. The number of carboxylic acid groups (broad SMARTS) is 2. The molecule has 0 radical (unpaired) electrons. The number of rotatable bonds is 5. The van der Waals surface area contributed by atoms with Gasteiger partial charge >= 0.3 is 0 Å². The lowest BCUT2D eigenvalue weighted by Crippen LogP contribution is -2.63. The minimum atomic E-state index is -2.02. The van der Waals surface area contributed by atoms with Gasteiger partial charge in [0.15, 0.2) is 6.29 Å². The fraction of sp³-hybridized carbons (Fsp3) is 0.778. The standard InChI is InChI=1S/C9H14O10/c10-1-2(7(14)15)18-9-5(13)3(11)4(12)6(19-9)8(16)17/h2-6,9-13H,1H2,(H,14,15)(H,16,17)/p-2/t2?,3-,4-,5?,6?,9-/m0/s1. The summed E-state index contributed by atoms with van der Waals surface area (Å²) in [5.41, 5.74) is 0. The van der Waals surface area contributed by atoms with E-state index in [4.69, 9.17) is 5.11 Å². The summed E-state index contributed by atoms with van der Waals surface area (Å²) < 4.78 is 9.15. The van der Waals surface area contributed by atoms with E-state index >= 15 is 0 Å². The fourth-order valence-corrected chi connectivity index (χ4v) is 1.49. The molecule has 6 atom stereocenters. The molecule has 110 valence electrons. The van der Waals surface area contributed by atoms with E-state index in [-0.39, 0.29) is 0 Å². The topological polar surface area (TPSA) is 180 Å². The van der Waals surface area contributed by atoms with Gasteiger partial charge in [0.2, 0.25) is 0 Å². The van der Waals surface area contributed by atoms with Crippen LogP contribution in [0.5, 0.6) is 0 Å². The van der Waals surface area contributed by atoms with Crippen molar-refractivity contribution < 1.29 is 49.7 Å². The largest absolute Gasteiger partial charge is 0.547 e. The molecule has 1 aliphatic heterocycles. The van der Waals surface area contributed by atoms with E-state index in [1.165, 1.54) is 0 Å². The Balaban J connectivity index is 2.82. The molecule has 10 nitrogen and oxygen atoms in total. The molecule has 1 saturated heterocycles. The Morgan fingerprint density at radius 2 is 1.74 bits per heavy atom. The summed E-state index contributed by atoms with van der Waals surface area (Å²) in [5.74, 6) is -3.72. The van der Waals surface area contributed by atoms with E-state index in [0.717, 1.165) is 0 Å². The van der Waals surface area contributed by atoms with Crippen LogP contribution in [-0.4, -0.2) is 75.8 Å². The normalized spacial score (nSPS) is 36.7. The second-order valence-electron chi connectivity index (χ2n) is 3.84. The van der Waals surface area contributed by atoms with Gasteiger partial charge in [-0.25, -0.2) is 0 Å². The van der Waals surface area contributed by atoms with Gasteiger partial charge in [0.25, 0.3) is 0 Å². The molecular formula is C9H12O10-2. The van der Waals surface area contributed by atoms with Crippen LogP contribution in [0.15, 0.2) is 0 Å². The lowest BCUT2D eigenvalue weighted by molar-refractivity contribution is -0.360. The minimum Gasteiger partial charge on any atom is -0.547 e. The predicted octanol–water partition coefficient (Wildman–Crippen LogP) is -6.33. The first-order valence-electron chi connectivity index (χ1n) is 5.17. The van der Waals surface area contributed by atoms with Crippen LogP contribution < -0.4 is 10.2 Å². The van der Waals surface area contributed by atoms with Gasteiger partial charge in [0, 0.05) is 0 Å². The number of carbonyl (C=O) groups excluding carboxylic acids is 2. The molecule has 0 amide bonds. The number of hydrogen-bond acceptors (Lipinski definition) is 10. The van der Waals surface area contributed by atoms with Crippen LogP contribution in [0.25, 0.3) is 0 Å². The Bertz CT molecular complexity index is 342. The van der Waals surface area contributed by atoms with Crippen molar-refractivity contribution in [3.05, 3.63) is 0 Å². The smallest absolute Gasteiger partial charge is 0.187 e. The summed E-state index contributed by atoms with van der Waals surface area (Å²) in [4.78, 5) is 21.1. The van der Waals surface area contributed by atoms with Crippen molar-refractivity contribution in [2.75, 3.05) is 6.61 Å². The fourth-order valence-electron chi connectivity index (χ4n) is 1.49. The van der Waals surface area contributed by atoms with Gasteiger partial charge in [0.1, 0.15) is 30.5 Å². The Morgan fingerprint density at radius 3 is 2.16 bits per heavy atom. The summed E-state index contributed by atoms with van der Waals surface area (Å²) in [7, 11) is 0. The molecule has 1 fully saturated rings. The molecule has 0 bridgehead atoms. The third kappa shape index (κ3) is 3.37. The highest BCUT2D eigenvalue weighted by Gasteiger charge is 2.45. The Morgan fingerprint density at radius 1 is 1.16 bits per heavy atom. The summed E-state index contributed by atoms with van der Waals surface area (Å²) >= 11 is 0. The highest BCUT2D eigenvalue weighted by molar-refractivity contribution is 5.71. The number of aliphatic hydroxyl groups is 4. The molecular weight excluding hydrogens is 268 g/mol. The molecule has 0 aliphatic carbocycles. The summed E-state index contributed by atoms with van der Waals surface area (Å²) in [6.07, 6.45) is -11.7. The molecule has 0 spiro atoms. The molecule has 0 saturated carbocycles. The molecule has 10 heteroatoms. The minimum absolute atomic E-state index is 1.02. The van der Waals surface area contributed by atoms with Crippen molar-refractivity contribution in [2.24, 2.45) is 0 Å². The van der Waals surface area contributed by atoms with E-state index in [0.29, 0.717) is 0 Å². The number of aliphatic hydroxyl groups excluding tert-OH is 4. The average Bonchev–Trinajstić information content (AvgIpc) is 2.34. The van der Waals surface area contributed by atoms with Crippen molar-refractivity contribution in [1.29, 1.82) is 0 Å². The monoisotopic (exact) mass is 280 g/mol. The van der Waals surface area contributed by atoms with Crippen molar-refractivity contribution in [1.82, 2.24) is 0 Å². The van der Waals surface area contributed by atoms with Gasteiger partial charge < -0.3 is 49.7 Å². The van der Waals surface area contributed by atoms with Crippen LogP contribution in [-0.2, 0) is 19.1 Å². The zero-order valence-electron chi connectivity index (χ0n) is 9.41. The zero-order chi connectivity index (χ0) is 14.7. The summed E-state index contributed by atoms with van der Waals surface area (Å²) in [6, 6.07) is 0. The van der Waals surface area contributed by atoms with Crippen molar-refractivity contribution >= 4 is 11.9 Å². The van der Waals surface area contributed by atoms with E-state index < -0.39 is 55.4 Å². The first-order chi connectivity index (χ1) is 8.79. The van der Waals surface area contributed by atoms with E-state index in [1.54, 1.807) is 0 Å². The maximum Gasteiger partial charge on any atom is 0.187 e. The van der Waals surface area contributed by atoms with Crippen molar-refractivity contribution in [3.8, 4) is 0 Å². The van der Waals surface area contributed by atoms with Crippen molar-refractivity contribution in [2.45, 2.75) is 36.8 Å². The van der Waals surface area contributed by atoms with Crippen LogP contribution in [0.1, 0.15) is 0 Å². The molecule has 1 heterocycles. The number of hydrogen-bond donors (Lipinski definition) is 4. The van der Waals surface area contributed by atoms with E-state index in [9.17, 15) is 35.1 Å². The summed E-state index contributed by atoms with van der Waals surface area (Å²) in [5, 5.41) is 58.0. The van der Waals surface area contributed by atoms with Gasteiger partial charge in [-0.3, -0.25) is 0 Å². The molecule has 3 unspecified atom stereocenters. The average molecular weight is 280 g/mol. The SMILES string of the molecule is O=C([O-])C(CO)O[C@H]1OC(C(=O)[O-])[C@@H](O)[C@H](O)C1O. The van der Waals surface area contributed by atoms with Gasteiger partial charge in [0.05, 0.1) is 18.5 Å². The third-order valence-electron chi connectivity index (χ3n) is 2.53. The maximum atomic E-state index is 10.6. The van der Waals surface area contributed by atoms with Crippen LogP contribution >= 0.6 is 0 Å². The van der Waals surface area contributed by atoms with Crippen LogP contribution in [0.2, 0.25) is 0 Å². The Hall–Kier alpha value is -1.30. The highest BCUT2D eigenvalue weighted by Crippen LogP contribution is 2.22.